The summed E-state index contributed by atoms with van der Waals surface area (Å²) in [6.07, 6.45) is -2.84. The first-order valence-corrected chi connectivity index (χ1v) is 10.2. The Kier molecular flexibility index (Phi) is 4.84. The first kappa shape index (κ1) is 20.2. The van der Waals surface area contributed by atoms with Gasteiger partial charge in [0.05, 0.1) is 23.4 Å². The van der Waals surface area contributed by atoms with E-state index in [1.807, 2.05) is 25.1 Å². The van der Waals surface area contributed by atoms with Crippen LogP contribution in [0.25, 0.3) is 27.8 Å². The Morgan fingerprint density at radius 2 is 1.87 bits per heavy atom. The van der Waals surface area contributed by atoms with Gasteiger partial charge in [-0.2, -0.15) is 9.78 Å². The predicted octanol–water partition coefficient (Wildman–Crippen LogP) is 1.87. The highest BCUT2D eigenvalue weighted by atomic mass is 35.5. The van der Waals surface area contributed by atoms with Gasteiger partial charge in [-0.15, -0.1) is 0 Å². The van der Waals surface area contributed by atoms with Crippen LogP contribution in [0.3, 0.4) is 0 Å². The van der Waals surface area contributed by atoms with Crippen molar-refractivity contribution in [1.29, 1.82) is 0 Å². The van der Waals surface area contributed by atoms with Crippen LogP contribution >= 0.6 is 11.6 Å². The smallest absolute Gasteiger partial charge is 0.282 e. The third kappa shape index (κ3) is 3.15. The summed E-state index contributed by atoms with van der Waals surface area (Å²) in [6.45, 7) is 1.50. The number of ether oxygens (including phenoxy) is 1. The molecule has 1 saturated heterocycles. The van der Waals surface area contributed by atoms with E-state index < -0.39 is 31.1 Å². The van der Waals surface area contributed by atoms with Crippen LogP contribution in [0, 0.1) is 6.92 Å². The molecule has 3 heterocycles. The summed E-state index contributed by atoms with van der Waals surface area (Å²) in [5.41, 5.74) is 2.74. The minimum atomic E-state index is -1.27. The van der Waals surface area contributed by atoms with Gasteiger partial charge in [0.15, 0.2) is 6.23 Å². The molecule has 160 valence electrons. The fourth-order valence-electron chi connectivity index (χ4n) is 4.08. The molecule has 0 aromatic heterocycles. The lowest BCUT2D eigenvalue weighted by Gasteiger charge is -2.22. The monoisotopic (exact) mass is 441 g/mol. The van der Waals surface area contributed by atoms with E-state index in [1.165, 1.54) is 4.68 Å². The molecule has 9 heteroatoms. The van der Waals surface area contributed by atoms with Gasteiger partial charge < -0.3 is 24.6 Å². The number of halogens is 1. The van der Waals surface area contributed by atoms with E-state index in [2.05, 4.69) is 5.10 Å². The van der Waals surface area contributed by atoms with Crippen LogP contribution in [-0.4, -0.2) is 54.6 Å². The zero-order valence-electron chi connectivity index (χ0n) is 16.5. The van der Waals surface area contributed by atoms with Crippen molar-refractivity contribution < 1.29 is 20.1 Å². The number of hydrogen-bond donors (Lipinski definition) is 3. The molecule has 2 aromatic carbocycles. The molecule has 8 nitrogen and oxygen atoms in total. The number of aliphatic hydroxyl groups is 3. The molecule has 4 atom stereocenters. The lowest BCUT2D eigenvalue weighted by molar-refractivity contribution is -0.0508. The number of pyridine rings is 1. The van der Waals surface area contributed by atoms with Crippen LogP contribution in [0.4, 0.5) is 0 Å². The number of fused-ring (bicyclic) bond motifs is 3. The number of aryl methyl sites for hydroxylation is 1. The Morgan fingerprint density at radius 1 is 1.13 bits per heavy atom. The second-order valence-corrected chi connectivity index (χ2v) is 8.18. The van der Waals surface area contributed by atoms with Crippen molar-refractivity contribution in [3.8, 4) is 16.9 Å². The standard InChI is InChI=1S/C22H20ClN3O5/c1-11-2-7-16-14(8-11)18-15(9-25(16)22-20(29)19(28)17(10-27)31-22)21(30)26(24-18)13-5-3-12(23)4-6-13/h2-9,17,19-20,22,27-29H,10H2,1H3/t17-,19-,20-,22-/m1/s1. The molecule has 0 spiro atoms. The Bertz CT molecular complexity index is 1300. The Morgan fingerprint density at radius 3 is 2.55 bits per heavy atom. The highest BCUT2D eigenvalue weighted by Gasteiger charge is 2.43. The molecule has 0 unspecified atom stereocenters. The van der Waals surface area contributed by atoms with Crippen molar-refractivity contribution in [3.63, 3.8) is 0 Å². The van der Waals surface area contributed by atoms with Gasteiger partial charge in [-0.3, -0.25) is 4.79 Å². The van der Waals surface area contributed by atoms with Crippen molar-refractivity contribution in [2.75, 3.05) is 6.61 Å². The van der Waals surface area contributed by atoms with Crippen molar-refractivity contribution in [2.24, 2.45) is 0 Å². The molecule has 3 aliphatic heterocycles. The van der Waals surface area contributed by atoms with E-state index in [1.54, 1.807) is 35.0 Å². The summed E-state index contributed by atoms with van der Waals surface area (Å²) >= 11 is 5.97. The van der Waals surface area contributed by atoms with Crippen molar-refractivity contribution in [3.05, 3.63) is 69.6 Å². The Hall–Kier alpha value is -2.75. The third-order valence-electron chi connectivity index (χ3n) is 5.69. The molecular formula is C22H20ClN3O5. The fourth-order valence-corrected chi connectivity index (χ4v) is 4.21. The van der Waals surface area contributed by atoms with Gasteiger partial charge in [-0.1, -0.05) is 23.2 Å². The molecular weight excluding hydrogens is 422 g/mol. The molecule has 0 bridgehead atoms. The summed E-state index contributed by atoms with van der Waals surface area (Å²) in [6, 6.07) is 12.5. The van der Waals surface area contributed by atoms with Crippen LogP contribution in [0.2, 0.25) is 5.02 Å². The minimum absolute atomic E-state index is 0.332. The van der Waals surface area contributed by atoms with Crippen LogP contribution in [-0.2, 0) is 4.74 Å². The zero-order chi connectivity index (χ0) is 21.9. The molecule has 3 N–H and O–H groups in total. The Labute approximate surface area is 181 Å². The molecule has 3 aliphatic rings. The Balaban J connectivity index is 1.77. The largest absolute Gasteiger partial charge is 0.394 e. The summed E-state index contributed by atoms with van der Waals surface area (Å²) < 4.78 is 8.65. The van der Waals surface area contributed by atoms with Gasteiger partial charge in [0.2, 0.25) is 0 Å². The van der Waals surface area contributed by atoms with Gasteiger partial charge >= 0.3 is 0 Å². The van der Waals surface area contributed by atoms with E-state index >= 15 is 0 Å². The van der Waals surface area contributed by atoms with E-state index in [0.29, 0.717) is 32.9 Å². The summed E-state index contributed by atoms with van der Waals surface area (Å²) in [5, 5.41) is 36.1. The molecule has 0 radical (unpaired) electrons. The first-order chi connectivity index (χ1) is 14.9. The molecule has 5 rings (SSSR count). The second-order valence-electron chi connectivity index (χ2n) is 7.74. The average Bonchev–Trinajstić information content (AvgIpc) is 3.25. The van der Waals surface area contributed by atoms with Crippen molar-refractivity contribution >= 4 is 22.5 Å². The summed E-state index contributed by atoms with van der Waals surface area (Å²) in [5.74, 6) is 0. The average molecular weight is 442 g/mol. The lowest BCUT2D eigenvalue weighted by Crippen LogP contribution is -2.33. The number of aliphatic hydroxyl groups excluding tert-OH is 3. The molecule has 0 amide bonds. The van der Waals surface area contributed by atoms with Crippen LogP contribution in [0.1, 0.15) is 11.8 Å². The number of aromatic nitrogens is 3. The highest BCUT2D eigenvalue weighted by molar-refractivity contribution is 6.30. The number of nitrogens with zero attached hydrogens (tertiary/aromatic N) is 3. The summed E-state index contributed by atoms with van der Waals surface area (Å²) in [7, 11) is 0. The van der Waals surface area contributed by atoms with Crippen LogP contribution in [0.15, 0.2) is 53.5 Å². The van der Waals surface area contributed by atoms with Crippen LogP contribution in [0.5, 0.6) is 0 Å². The van der Waals surface area contributed by atoms with Gasteiger partial charge in [-0.05, 0) is 43.3 Å². The van der Waals surface area contributed by atoms with Crippen LogP contribution < -0.4 is 5.56 Å². The number of hydrogen-bond acceptors (Lipinski definition) is 6. The van der Waals surface area contributed by atoms with Crippen molar-refractivity contribution in [1.82, 2.24) is 14.3 Å². The van der Waals surface area contributed by atoms with E-state index in [0.717, 1.165) is 5.56 Å². The number of rotatable bonds is 3. The second kappa shape index (κ2) is 7.44. The fraction of sp³-hybridized carbons (Fsp3) is 0.273. The molecule has 2 aromatic rings. The zero-order valence-corrected chi connectivity index (χ0v) is 17.3. The van der Waals surface area contributed by atoms with E-state index in [-0.39, 0.29) is 5.56 Å². The topological polar surface area (TPSA) is 110 Å². The van der Waals surface area contributed by atoms with Gasteiger partial charge in [-0.25, -0.2) is 0 Å². The first-order valence-electron chi connectivity index (χ1n) is 9.81. The van der Waals surface area contributed by atoms with E-state index in [4.69, 9.17) is 16.3 Å². The predicted molar refractivity (Wildman–Crippen MR) is 115 cm³/mol. The summed E-state index contributed by atoms with van der Waals surface area (Å²) in [4.78, 5) is 13.2. The molecule has 1 fully saturated rings. The van der Waals surface area contributed by atoms with Gasteiger partial charge in [0.25, 0.3) is 5.56 Å². The molecule has 0 aliphatic carbocycles. The normalized spacial score (nSPS) is 23.8. The van der Waals surface area contributed by atoms with Gasteiger partial charge in [0.1, 0.15) is 24.0 Å². The maximum Gasteiger partial charge on any atom is 0.282 e. The minimum Gasteiger partial charge on any atom is -0.394 e. The quantitative estimate of drug-likeness (QED) is 0.447. The molecule has 31 heavy (non-hydrogen) atoms. The SMILES string of the molecule is Cc1ccc2c(c1)c1nn(-c3ccc(Cl)cc3)c(=O)c-1cn2[C@@H]1O[C@H](CO)[C@@H](O)[C@H]1O. The van der Waals surface area contributed by atoms with E-state index in [9.17, 15) is 20.1 Å². The van der Waals surface area contributed by atoms with Gasteiger partial charge in [0, 0.05) is 16.6 Å². The molecule has 0 saturated carbocycles. The van der Waals surface area contributed by atoms with Crippen molar-refractivity contribution in [2.45, 2.75) is 31.5 Å². The maximum absolute atomic E-state index is 13.2. The lowest BCUT2D eigenvalue weighted by atomic mass is 10.0. The third-order valence-corrected chi connectivity index (χ3v) is 5.95. The highest BCUT2D eigenvalue weighted by Crippen LogP contribution is 2.36. The number of benzene rings is 2. The maximum atomic E-state index is 13.2.